The molecule has 0 bridgehead atoms. The third-order valence-electron chi connectivity index (χ3n) is 2.95. The average molecular weight is 320 g/mol. The van der Waals surface area contributed by atoms with Crippen LogP contribution in [0.3, 0.4) is 0 Å². The Hall–Kier alpha value is -2.80. The van der Waals surface area contributed by atoms with Gasteiger partial charge in [-0.2, -0.15) is 5.10 Å². The standard InChI is InChI=1S/C14H10ClN3O4/c15-10-2-3-12(18(19)20)11(6-10)17-16-7-9-1-4-13-14(5-9)22-8-21-13/h1-7,17H,8H2/b16-7+. The summed E-state index contributed by atoms with van der Waals surface area (Å²) in [4.78, 5) is 10.4. The van der Waals surface area contributed by atoms with E-state index in [2.05, 4.69) is 10.5 Å². The fourth-order valence-electron chi connectivity index (χ4n) is 1.93. The second kappa shape index (κ2) is 5.90. The molecule has 8 heteroatoms. The van der Waals surface area contributed by atoms with Crippen LogP contribution in [0, 0.1) is 10.1 Å². The van der Waals surface area contributed by atoms with Crippen molar-refractivity contribution in [1.29, 1.82) is 0 Å². The molecule has 0 atom stereocenters. The average Bonchev–Trinajstić information content (AvgIpc) is 2.94. The van der Waals surface area contributed by atoms with Crippen LogP contribution in [0.15, 0.2) is 41.5 Å². The lowest BCUT2D eigenvalue weighted by Gasteiger charge is -2.02. The SMILES string of the molecule is O=[N+]([O-])c1ccc(Cl)cc1N/N=C/c1ccc2c(c1)OCO2. The molecule has 7 nitrogen and oxygen atoms in total. The molecule has 2 aromatic carbocycles. The number of hydrogen-bond acceptors (Lipinski definition) is 6. The number of anilines is 1. The van der Waals surface area contributed by atoms with Crippen LogP contribution in [0.1, 0.15) is 5.56 Å². The van der Waals surface area contributed by atoms with Crippen molar-refractivity contribution < 1.29 is 14.4 Å². The molecule has 22 heavy (non-hydrogen) atoms. The normalized spacial score (nSPS) is 12.6. The molecular weight excluding hydrogens is 310 g/mol. The maximum atomic E-state index is 10.9. The summed E-state index contributed by atoms with van der Waals surface area (Å²) in [7, 11) is 0. The lowest BCUT2D eigenvalue weighted by atomic mass is 10.2. The van der Waals surface area contributed by atoms with E-state index >= 15 is 0 Å². The van der Waals surface area contributed by atoms with E-state index in [1.807, 2.05) is 0 Å². The van der Waals surface area contributed by atoms with Gasteiger partial charge < -0.3 is 9.47 Å². The number of nitrogens with one attached hydrogen (secondary N) is 1. The maximum Gasteiger partial charge on any atom is 0.294 e. The molecule has 0 fully saturated rings. The van der Waals surface area contributed by atoms with Gasteiger partial charge in [0.2, 0.25) is 6.79 Å². The van der Waals surface area contributed by atoms with Crippen LogP contribution in [-0.4, -0.2) is 17.9 Å². The number of fused-ring (bicyclic) bond motifs is 1. The zero-order valence-corrected chi connectivity index (χ0v) is 11.9. The number of benzene rings is 2. The van der Waals surface area contributed by atoms with E-state index < -0.39 is 4.92 Å². The molecular formula is C14H10ClN3O4. The van der Waals surface area contributed by atoms with Gasteiger partial charge in [0.05, 0.1) is 11.1 Å². The third-order valence-corrected chi connectivity index (χ3v) is 3.19. The first-order valence-corrected chi connectivity index (χ1v) is 6.64. The zero-order valence-electron chi connectivity index (χ0n) is 11.2. The van der Waals surface area contributed by atoms with Crippen molar-refractivity contribution in [2.24, 2.45) is 5.10 Å². The molecule has 0 saturated heterocycles. The van der Waals surface area contributed by atoms with Crippen molar-refractivity contribution in [1.82, 2.24) is 0 Å². The van der Waals surface area contributed by atoms with Gasteiger partial charge in [-0.25, -0.2) is 0 Å². The van der Waals surface area contributed by atoms with Crippen LogP contribution in [0.2, 0.25) is 5.02 Å². The lowest BCUT2D eigenvalue weighted by molar-refractivity contribution is -0.384. The topological polar surface area (TPSA) is 86.0 Å². The van der Waals surface area contributed by atoms with Crippen molar-refractivity contribution in [3.63, 3.8) is 0 Å². The molecule has 1 aliphatic heterocycles. The summed E-state index contributed by atoms with van der Waals surface area (Å²) in [5.74, 6) is 1.31. The monoisotopic (exact) mass is 319 g/mol. The molecule has 0 aliphatic carbocycles. The van der Waals surface area contributed by atoms with Crippen LogP contribution >= 0.6 is 11.6 Å². The van der Waals surface area contributed by atoms with Gasteiger partial charge in [0.25, 0.3) is 5.69 Å². The van der Waals surface area contributed by atoms with Gasteiger partial charge in [-0.3, -0.25) is 15.5 Å². The number of rotatable bonds is 4. The van der Waals surface area contributed by atoms with E-state index in [-0.39, 0.29) is 18.2 Å². The molecule has 0 radical (unpaired) electrons. The Morgan fingerprint density at radius 1 is 1.23 bits per heavy atom. The highest BCUT2D eigenvalue weighted by atomic mass is 35.5. The van der Waals surface area contributed by atoms with Crippen molar-refractivity contribution >= 4 is 29.2 Å². The lowest BCUT2D eigenvalue weighted by Crippen LogP contribution is -1.97. The van der Waals surface area contributed by atoms with Crippen LogP contribution in [-0.2, 0) is 0 Å². The van der Waals surface area contributed by atoms with Crippen LogP contribution in [0.5, 0.6) is 11.5 Å². The van der Waals surface area contributed by atoms with E-state index in [0.717, 1.165) is 5.56 Å². The molecule has 0 spiro atoms. The van der Waals surface area contributed by atoms with Crippen molar-refractivity contribution in [2.45, 2.75) is 0 Å². The van der Waals surface area contributed by atoms with Gasteiger partial charge in [-0.05, 0) is 35.9 Å². The van der Waals surface area contributed by atoms with E-state index in [9.17, 15) is 10.1 Å². The fourth-order valence-corrected chi connectivity index (χ4v) is 2.10. The van der Waals surface area contributed by atoms with Gasteiger partial charge in [0.1, 0.15) is 5.69 Å². The van der Waals surface area contributed by atoms with E-state index in [1.165, 1.54) is 24.4 Å². The fraction of sp³-hybridized carbons (Fsp3) is 0.0714. The number of hydrazone groups is 1. The summed E-state index contributed by atoms with van der Waals surface area (Å²) in [5.41, 5.74) is 3.50. The summed E-state index contributed by atoms with van der Waals surface area (Å²) >= 11 is 5.84. The summed E-state index contributed by atoms with van der Waals surface area (Å²) in [6, 6.07) is 9.54. The molecule has 1 heterocycles. The highest BCUT2D eigenvalue weighted by molar-refractivity contribution is 6.31. The Kier molecular flexibility index (Phi) is 3.80. The predicted molar refractivity (Wildman–Crippen MR) is 81.9 cm³/mol. The number of halogens is 1. The number of ether oxygens (including phenoxy) is 2. The minimum absolute atomic E-state index is 0.104. The van der Waals surface area contributed by atoms with Crippen molar-refractivity contribution in [3.05, 3.63) is 57.1 Å². The molecule has 0 aromatic heterocycles. The Bertz CT molecular complexity index is 764. The van der Waals surface area contributed by atoms with Gasteiger partial charge >= 0.3 is 0 Å². The first-order chi connectivity index (χ1) is 10.6. The molecule has 0 unspecified atom stereocenters. The summed E-state index contributed by atoms with van der Waals surface area (Å²) < 4.78 is 10.5. The van der Waals surface area contributed by atoms with Crippen molar-refractivity contribution in [2.75, 3.05) is 12.2 Å². The Morgan fingerprint density at radius 2 is 2.05 bits per heavy atom. The highest BCUT2D eigenvalue weighted by Gasteiger charge is 2.14. The summed E-state index contributed by atoms with van der Waals surface area (Å²) in [6.45, 7) is 0.197. The number of nitrogens with zero attached hydrogens (tertiary/aromatic N) is 2. The minimum atomic E-state index is -0.505. The molecule has 112 valence electrons. The van der Waals surface area contributed by atoms with Crippen LogP contribution in [0.25, 0.3) is 0 Å². The quantitative estimate of drug-likeness (QED) is 0.530. The second-order valence-corrected chi connectivity index (χ2v) is 4.84. The first-order valence-electron chi connectivity index (χ1n) is 6.26. The summed E-state index contributed by atoms with van der Waals surface area (Å²) in [5, 5.41) is 15.3. The maximum absolute atomic E-state index is 10.9. The molecule has 1 N–H and O–H groups in total. The number of nitro groups is 1. The number of hydrogen-bond donors (Lipinski definition) is 1. The van der Waals surface area contributed by atoms with Gasteiger partial charge in [-0.1, -0.05) is 11.6 Å². The zero-order chi connectivity index (χ0) is 15.5. The Balaban J connectivity index is 1.77. The Morgan fingerprint density at radius 3 is 2.86 bits per heavy atom. The van der Waals surface area contributed by atoms with E-state index in [1.54, 1.807) is 18.2 Å². The van der Waals surface area contributed by atoms with Crippen molar-refractivity contribution in [3.8, 4) is 11.5 Å². The molecule has 0 amide bonds. The molecule has 1 aliphatic rings. The predicted octanol–water partition coefficient (Wildman–Crippen LogP) is 3.42. The molecule has 2 aromatic rings. The van der Waals surface area contributed by atoms with Gasteiger partial charge in [0.15, 0.2) is 11.5 Å². The number of nitro benzene ring substituents is 1. The minimum Gasteiger partial charge on any atom is -0.454 e. The highest BCUT2D eigenvalue weighted by Crippen LogP contribution is 2.32. The molecule has 3 rings (SSSR count). The molecule has 0 saturated carbocycles. The Labute approximate surface area is 130 Å². The second-order valence-electron chi connectivity index (χ2n) is 4.40. The van der Waals surface area contributed by atoms with Gasteiger partial charge in [-0.15, -0.1) is 0 Å². The first kappa shape index (κ1) is 14.2. The van der Waals surface area contributed by atoms with E-state index in [4.69, 9.17) is 21.1 Å². The van der Waals surface area contributed by atoms with Crippen LogP contribution in [0.4, 0.5) is 11.4 Å². The van der Waals surface area contributed by atoms with Crippen LogP contribution < -0.4 is 14.9 Å². The van der Waals surface area contributed by atoms with Gasteiger partial charge in [0, 0.05) is 11.1 Å². The summed E-state index contributed by atoms with van der Waals surface area (Å²) in [6.07, 6.45) is 1.52. The largest absolute Gasteiger partial charge is 0.454 e. The smallest absolute Gasteiger partial charge is 0.294 e. The third kappa shape index (κ3) is 2.94. The van der Waals surface area contributed by atoms with E-state index in [0.29, 0.717) is 16.5 Å².